The number of aromatic nitrogens is 3. The fraction of sp³-hybridized carbons (Fsp3) is 0. The Hall–Kier alpha value is -6.19. The van der Waals surface area contributed by atoms with Crippen LogP contribution in [0, 0.1) is 0 Å². The molecule has 0 saturated carbocycles. The lowest BCUT2D eigenvalue weighted by molar-refractivity contribution is 1.11. The molecule has 0 atom stereocenters. The van der Waals surface area contributed by atoms with Crippen molar-refractivity contribution in [2.24, 2.45) is 0 Å². The molecule has 0 amide bonds. The first-order chi connectivity index (χ1) is 22.9. The Kier molecular flexibility index (Phi) is 5.28. The molecule has 0 bridgehead atoms. The minimum Gasteiger partial charge on any atom is -0.309 e. The summed E-state index contributed by atoms with van der Waals surface area (Å²) in [4.78, 5) is 5.25. The van der Waals surface area contributed by atoms with Crippen LogP contribution in [0.1, 0.15) is 0 Å². The zero-order valence-corrected chi connectivity index (χ0v) is 24.9. The molecule has 0 spiro atoms. The van der Waals surface area contributed by atoms with Gasteiger partial charge in [-0.2, -0.15) is 0 Å². The molecule has 3 nitrogen and oxygen atoms in total. The van der Waals surface area contributed by atoms with Crippen LogP contribution in [0.25, 0.3) is 87.8 Å². The van der Waals surface area contributed by atoms with Crippen molar-refractivity contribution in [1.82, 2.24) is 14.1 Å². The van der Waals surface area contributed by atoms with E-state index in [1.165, 1.54) is 59.8 Å². The Balaban J connectivity index is 1.38. The largest absolute Gasteiger partial charge is 0.309 e. The molecule has 0 aliphatic heterocycles. The summed E-state index contributed by atoms with van der Waals surface area (Å²) in [6, 6.07) is 56.7. The van der Waals surface area contributed by atoms with Crippen molar-refractivity contribution in [2.75, 3.05) is 0 Å². The molecule has 0 radical (unpaired) electrons. The number of para-hydroxylation sites is 3. The number of hydrogen-bond acceptors (Lipinski definition) is 1. The highest BCUT2D eigenvalue weighted by Crippen LogP contribution is 2.43. The quantitative estimate of drug-likeness (QED) is 0.202. The Labute approximate surface area is 265 Å². The molecule has 0 fully saturated rings. The molecule has 10 aromatic rings. The normalized spacial score (nSPS) is 11.9. The van der Waals surface area contributed by atoms with Crippen LogP contribution in [-0.4, -0.2) is 14.1 Å². The van der Waals surface area contributed by atoms with E-state index in [0.29, 0.717) is 0 Å². The molecule has 0 aliphatic carbocycles. The lowest BCUT2D eigenvalue weighted by Gasteiger charge is -2.15. The topological polar surface area (TPSA) is 22.8 Å². The number of nitrogens with zero attached hydrogens (tertiary/aromatic N) is 3. The third-order valence-corrected chi connectivity index (χ3v) is 9.55. The molecule has 3 heterocycles. The van der Waals surface area contributed by atoms with Crippen LogP contribution in [0.15, 0.2) is 164 Å². The molecular weight excluding hydrogens is 558 g/mol. The lowest BCUT2D eigenvalue weighted by atomic mass is 10.0. The van der Waals surface area contributed by atoms with Gasteiger partial charge in [0.15, 0.2) is 0 Å². The fourth-order valence-electron chi connectivity index (χ4n) is 7.59. The molecule has 3 heteroatoms. The first-order valence-electron chi connectivity index (χ1n) is 15.7. The van der Waals surface area contributed by atoms with Crippen LogP contribution in [0.4, 0.5) is 0 Å². The van der Waals surface area contributed by atoms with E-state index in [4.69, 9.17) is 4.98 Å². The summed E-state index contributed by atoms with van der Waals surface area (Å²) in [5, 5.41) is 9.71. The van der Waals surface area contributed by atoms with Crippen LogP contribution >= 0.6 is 0 Å². The first-order valence-corrected chi connectivity index (χ1v) is 15.7. The van der Waals surface area contributed by atoms with Crippen LogP contribution < -0.4 is 0 Å². The second-order valence-electron chi connectivity index (χ2n) is 12.0. The van der Waals surface area contributed by atoms with Crippen molar-refractivity contribution in [3.05, 3.63) is 164 Å². The minimum atomic E-state index is 0.942. The predicted octanol–water partition coefficient (Wildman–Crippen LogP) is 11.2. The van der Waals surface area contributed by atoms with Gasteiger partial charge in [0.25, 0.3) is 0 Å². The van der Waals surface area contributed by atoms with Crippen molar-refractivity contribution in [2.45, 2.75) is 0 Å². The second-order valence-corrected chi connectivity index (χ2v) is 12.0. The zero-order chi connectivity index (χ0) is 30.2. The van der Waals surface area contributed by atoms with E-state index < -0.39 is 0 Å². The van der Waals surface area contributed by atoms with Gasteiger partial charge in [0, 0.05) is 55.2 Å². The molecule has 0 saturated heterocycles. The zero-order valence-electron chi connectivity index (χ0n) is 24.9. The SMILES string of the molecule is c1ccc(-c2cnc(-n3c4ccccc4c4ccc5c(ccc6c7ccccc7n(-c7ccccc7)c65)c43)c3ccccc23)cc1. The molecule has 0 unspecified atom stereocenters. The Morgan fingerprint density at radius 2 is 0.804 bits per heavy atom. The van der Waals surface area contributed by atoms with E-state index in [1.807, 2.05) is 6.20 Å². The van der Waals surface area contributed by atoms with Crippen molar-refractivity contribution < 1.29 is 0 Å². The molecule has 10 rings (SSSR count). The maximum atomic E-state index is 5.25. The second kappa shape index (κ2) is 9.65. The molecule has 0 N–H and O–H groups in total. The molecule has 0 aliphatic rings. The van der Waals surface area contributed by atoms with Gasteiger partial charge < -0.3 is 4.57 Å². The first kappa shape index (κ1) is 25.2. The summed E-state index contributed by atoms with van der Waals surface area (Å²) in [6.45, 7) is 0. The highest BCUT2D eigenvalue weighted by Gasteiger charge is 2.21. The molecule has 7 aromatic carbocycles. The van der Waals surface area contributed by atoms with Crippen molar-refractivity contribution in [1.29, 1.82) is 0 Å². The average molecular weight is 586 g/mol. The summed E-state index contributed by atoms with van der Waals surface area (Å²) in [7, 11) is 0. The van der Waals surface area contributed by atoms with Gasteiger partial charge in [-0.05, 0) is 35.2 Å². The molecule has 214 valence electrons. The van der Waals surface area contributed by atoms with Crippen LogP contribution in [0.3, 0.4) is 0 Å². The van der Waals surface area contributed by atoms with Crippen LogP contribution in [0.5, 0.6) is 0 Å². The van der Waals surface area contributed by atoms with Gasteiger partial charge in [-0.15, -0.1) is 0 Å². The highest BCUT2D eigenvalue weighted by atomic mass is 15.1. The van der Waals surface area contributed by atoms with Gasteiger partial charge in [0.1, 0.15) is 5.82 Å². The summed E-state index contributed by atoms with van der Waals surface area (Å²) < 4.78 is 4.82. The number of hydrogen-bond donors (Lipinski definition) is 0. The van der Waals surface area contributed by atoms with E-state index >= 15 is 0 Å². The molecule has 3 aromatic heterocycles. The maximum absolute atomic E-state index is 5.25. The Morgan fingerprint density at radius 1 is 0.348 bits per heavy atom. The summed E-state index contributed by atoms with van der Waals surface area (Å²) in [6.07, 6.45) is 2.05. The van der Waals surface area contributed by atoms with Gasteiger partial charge in [0.05, 0.1) is 22.1 Å². The summed E-state index contributed by atoms with van der Waals surface area (Å²) in [5.41, 5.74) is 8.23. The predicted molar refractivity (Wildman–Crippen MR) is 193 cm³/mol. The number of rotatable bonds is 3. The Bertz CT molecular complexity index is 2790. The smallest absolute Gasteiger partial charge is 0.145 e. The van der Waals surface area contributed by atoms with E-state index in [1.54, 1.807) is 0 Å². The Morgan fingerprint density at radius 3 is 1.43 bits per heavy atom. The van der Waals surface area contributed by atoms with E-state index in [0.717, 1.165) is 28.0 Å². The van der Waals surface area contributed by atoms with Gasteiger partial charge in [0.2, 0.25) is 0 Å². The average Bonchev–Trinajstić information content (AvgIpc) is 3.65. The lowest BCUT2D eigenvalue weighted by Crippen LogP contribution is -2.00. The van der Waals surface area contributed by atoms with Crippen molar-refractivity contribution >= 4 is 65.2 Å². The van der Waals surface area contributed by atoms with Crippen LogP contribution in [0.2, 0.25) is 0 Å². The van der Waals surface area contributed by atoms with Gasteiger partial charge in [-0.3, -0.25) is 4.57 Å². The van der Waals surface area contributed by atoms with Crippen molar-refractivity contribution in [3.8, 4) is 22.6 Å². The fourth-order valence-corrected chi connectivity index (χ4v) is 7.59. The van der Waals surface area contributed by atoms with E-state index in [-0.39, 0.29) is 0 Å². The third-order valence-electron chi connectivity index (χ3n) is 9.55. The van der Waals surface area contributed by atoms with Crippen molar-refractivity contribution in [3.63, 3.8) is 0 Å². The van der Waals surface area contributed by atoms with E-state index in [2.05, 4.69) is 167 Å². The third kappa shape index (κ3) is 3.45. The maximum Gasteiger partial charge on any atom is 0.145 e. The van der Waals surface area contributed by atoms with Gasteiger partial charge in [-0.1, -0.05) is 133 Å². The van der Waals surface area contributed by atoms with Gasteiger partial charge in [-0.25, -0.2) is 4.98 Å². The van der Waals surface area contributed by atoms with E-state index in [9.17, 15) is 0 Å². The van der Waals surface area contributed by atoms with Gasteiger partial charge >= 0.3 is 0 Å². The van der Waals surface area contributed by atoms with Crippen LogP contribution in [-0.2, 0) is 0 Å². The summed E-state index contributed by atoms with van der Waals surface area (Å²) >= 11 is 0. The number of benzene rings is 7. The minimum absolute atomic E-state index is 0.942. The standard InChI is InChI=1S/C43H27N3/c1-3-13-28(14-4-1)38-27-44-43(37-20-8-7-17-30(37)38)46-40-22-12-10-19-32(40)34-24-25-35-36(42(34)46)26-23-33-31-18-9-11-21-39(31)45(41(33)35)29-15-5-2-6-16-29/h1-27H. The monoisotopic (exact) mass is 585 g/mol. The summed E-state index contributed by atoms with van der Waals surface area (Å²) in [5.74, 6) is 0.942. The number of pyridine rings is 1. The number of fused-ring (bicyclic) bond motifs is 10. The molecule has 46 heavy (non-hydrogen) atoms. The highest BCUT2D eigenvalue weighted by molar-refractivity contribution is 6.26. The molecular formula is C43H27N3.